The van der Waals surface area contributed by atoms with Crippen LogP contribution in [0.15, 0.2) is 53.7 Å². The number of halogens is 1. The lowest BCUT2D eigenvalue weighted by Crippen LogP contribution is -2.30. The second kappa shape index (κ2) is 9.02. The van der Waals surface area contributed by atoms with Crippen molar-refractivity contribution < 1.29 is 9.59 Å². The third-order valence-corrected chi connectivity index (χ3v) is 6.29. The van der Waals surface area contributed by atoms with E-state index in [2.05, 4.69) is 21.7 Å². The summed E-state index contributed by atoms with van der Waals surface area (Å²) in [5.41, 5.74) is 1.94. The molecule has 0 bridgehead atoms. The van der Waals surface area contributed by atoms with Gasteiger partial charge in [-0.1, -0.05) is 47.6 Å². The fourth-order valence-corrected chi connectivity index (χ4v) is 4.69. The molecule has 0 spiro atoms. The number of carbonyl (C=O) groups is 2. The number of unbranched alkanes of at least 4 members (excludes halogenated alkanes) is 1. The Morgan fingerprint density at radius 2 is 1.70 bits per heavy atom. The molecule has 2 amide bonds. The van der Waals surface area contributed by atoms with Crippen molar-refractivity contribution >= 4 is 35.2 Å². The number of rotatable bonds is 8. The number of benzene rings is 2. The molecule has 0 N–H and O–H groups in total. The third kappa shape index (κ3) is 4.00. The van der Waals surface area contributed by atoms with Crippen LogP contribution in [0.2, 0.25) is 5.02 Å². The highest BCUT2D eigenvalue weighted by Gasteiger charge is 2.34. The van der Waals surface area contributed by atoms with Gasteiger partial charge in [0.05, 0.1) is 11.1 Å². The first-order valence-corrected chi connectivity index (χ1v) is 11.2. The van der Waals surface area contributed by atoms with Crippen molar-refractivity contribution in [2.24, 2.45) is 0 Å². The van der Waals surface area contributed by atoms with Crippen molar-refractivity contribution in [3.63, 3.8) is 0 Å². The van der Waals surface area contributed by atoms with E-state index in [-0.39, 0.29) is 11.8 Å². The summed E-state index contributed by atoms with van der Waals surface area (Å²) in [6.07, 6.45) is 1.61. The zero-order valence-electron chi connectivity index (χ0n) is 16.5. The van der Waals surface area contributed by atoms with Crippen LogP contribution in [-0.2, 0) is 6.54 Å². The highest BCUT2D eigenvalue weighted by atomic mass is 35.5. The van der Waals surface area contributed by atoms with Gasteiger partial charge in [-0.25, -0.2) is 0 Å². The lowest BCUT2D eigenvalue weighted by molar-refractivity contribution is 0.0652. The maximum atomic E-state index is 12.4. The summed E-state index contributed by atoms with van der Waals surface area (Å²) in [7, 11) is 0. The molecule has 2 aromatic carbocycles. The second-order valence-electron chi connectivity index (χ2n) is 6.92. The van der Waals surface area contributed by atoms with Gasteiger partial charge in [0, 0.05) is 29.4 Å². The van der Waals surface area contributed by atoms with Gasteiger partial charge >= 0.3 is 0 Å². The Morgan fingerprint density at radius 3 is 2.37 bits per heavy atom. The number of carbonyl (C=O) groups excluding carboxylic acids is 2. The van der Waals surface area contributed by atoms with Crippen molar-refractivity contribution in [3.8, 4) is 11.4 Å². The molecule has 0 unspecified atom stereocenters. The van der Waals surface area contributed by atoms with E-state index in [9.17, 15) is 9.59 Å². The first-order chi connectivity index (χ1) is 14.6. The molecule has 2 heterocycles. The van der Waals surface area contributed by atoms with Gasteiger partial charge in [-0.05, 0) is 44.0 Å². The number of thioether (sulfide) groups is 1. The number of fused-ring (bicyclic) bond motifs is 1. The van der Waals surface area contributed by atoms with E-state index in [0.29, 0.717) is 22.7 Å². The quantitative estimate of drug-likeness (QED) is 0.286. The van der Waals surface area contributed by atoms with E-state index in [4.69, 9.17) is 11.6 Å². The maximum absolute atomic E-state index is 12.4. The molecule has 0 radical (unpaired) electrons. The minimum Gasteiger partial charge on any atom is -0.302 e. The number of amides is 2. The molecule has 4 rings (SSSR count). The van der Waals surface area contributed by atoms with Crippen LogP contribution in [0.5, 0.6) is 0 Å². The molecule has 1 aliphatic rings. The minimum atomic E-state index is -0.194. The summed E-state index contributed by atoms with van der Waals surface area (Å²) in [5, 5.41) is 10.2. The normalized spacial score (nSPS) is 13.2. The molecule has 0 atom stereocenters. The Bertz CT molecular complexity index is 1060. The lowest BCUT2D eigenvalue weighted by Gasteiger charge is -2.13. The molecule has 8 heteroatoms. The van der Waals surface area contributed by atoms with E-state index in [1.807, 2.05) is 24.3 Å². The van der Waals surface area contributed by atoms with Gasteiger partial charge in [0.25, 0.3) is 11.8 Å². The molecule has 154 valence electrons. The van der Waals surface area contributed by atoms with Gasteiger partial charge in [-0.2, -0.15) is 0 Å². The van der Waals surface area contributed by atoms with Crippen LogP contribution in [0.25, 0.3) is 11.4 Å². The minimum absolute atomic E-state index is 0.194. The summed E-state index contributed by atoms with van der Waals surface area (Å²) in [5.74, 6) is 1.24. The number of aromatic nitrogens is 3. The molecule has 30 heavy (non-hydrogen) atoms. The number of hydrogen-bond donors (Lipinski definition) is 0. The first kappa shape index (κ1) is 20.6. The third-order valence-electron chi connectivity index (χ3n) is 5.00. The molecule has 6 nitrogen and oxygen atoms in total. The van der Waals surface area contributed by atoms with Gasteiger partial charge < -0.3 is 4.57 Å². The van der Waals surface area contributed by atoms with Crippen LogP contribution < -0.4 is 0 Å². The fraction of sp³-hybridized carbons (Fsp3) is 0.273. The molecule has 0 saturated heterocycles. The van der Waals surface area contributed by atoms with Crippen molar-refractivity contribution in [1.29, 1.82) is 0 Å². The van der Waals surface area contributed by atoms with Gasteiger partial charge in [-0.15, -0.1) is 10.2 Å². The largest absolute Gasteiger partial charge is 0.302 e. The molecular weight excluding hydrogens is 420 g/mol. The Morgan fingerprint density at radius 1 is 0.967 bits per heavy atom. The van der Waals surface area contributed by atoms with Crippen LogP contribution in [-0.4, -0.2) is 43.8 Å². The second-order valence-corrected chi connectivity index (χ2v) is 8.42. The predicted octanol–water partition coefficient (Wildman–Crippen LogP) is 4.79. The molecule has 1 aliphatic heterocycles. The van der Waals surface area contributed by atoms with Crippen LogP contribution >= 0.6 is 23.4 Å². The van der Waals surface area contributed by atoms with Crippen LogP contribution in [0.4, 0.5) is 0 Å². The van der Waals surface area contributed by atoms with Crippen molar-refractivity contribution in [3.05, 3.63) is 64.7 Å². The summed E-state index contributed by atoms with van der Waals surface area (Å²) < 4.78 is 2.07. The van der Waals surface area contributed by atoms with Crippen LogP contribution in [0.3, 0.4) is 0 Å². The van der Waals surface area contributed by atoms with Crippen LogP contribution in [0.1, 0.15) is 40.5 Å². The Balaban J connectivity index is 1.32. The molecule has 1 aromatic heterocycles. The fourth-order valence-electron chi connectivity index (χ4n) is 3.50. The monoisotopic (exact) mass is 440 g/mol. The maximum Gasteiger partial charge on any atom is 0.261 e. The Hall–Kier alpha value is -2.64. The lowest BCUT2D eigenvalue weighted by atomic mass is 10.1. The summed E-state index contributed by atoms with van der Waals surface area (Å²) in [6, 6.07) is 14.6. The average Bonchev–Trinajstić information content (AvgIpc) is 3.28. The van der Waals surface area contributed by atoms with E-state index >= 15 is 0 Å². The standard InChI is InChI=1S/C22H21ClN4O2S/c1-2-26-19(15-8-7-9-16(23)14-15)24-25-22(26)30-13-6-5-12-27-20(28)17-10-3-4-11-18(17)21(27)29/h3-4,7-11,14H,2,5-6,12-13H2,1H3. The molecule has 0 fully saturated rings. The predicted molar refractivity (Wildman–Crippen MR) is 118 cm³/mol. The Kier molecular flexibility index (Phi) is 6.20. The number of nitrogens with zero attached hydrogens (tertiary/aromatic N) is 4. The van der Waals surface area contributed by atoms with E-state index in [1.165, 1.54) is 4.90 Å². The molecule has 3 aromatic rings. The summed E-state index contributed by atoms with van der Waals surface area (Å²) in [6.45, 7) is 3.25. The van der Waals surface area contributed by atoms with Gasteiger partial charge in [0.1, 0.15) is 0 Å². The van der Waals surface area contributed by atoms with E-state index < -0.39 is 0 Å². The topological polar surface area (TPSA) is 68.1 Å². The SMILES string of the molecule is CCn1c(SCCCCN2C(=O)c3ccccc3C2=O)nnc1-c1cccc(Cl)c1. The summed E-state index contributed by atoms with van der Waals surface area (Å²) >= 11 is 7.74. The van der Waals surface area contributed by atoms with Gasteiger partial charge in [0.15, 0.2) is 11.0 Å². The van der Waals surface area contributed by atoms with Gasteiger partial charge in [-0.3, -0.25) is 14.5 Å². The number of imide groups is 1. The van der Waals surface area contributed by atoms with Crippen LogP contribution in [0, 0.1) is 0 Å². The van der Waals surface area contributed by atoms with E-state index in [0.717, 1.165) is 41.7 Å². The zero-order chi connectivity index (χ0) is 21.1. The molecular formula is C22H21ClN4O2S. The van der Waals surface area contributed by atoms with Gasteiger partial charge in [0.2, 0.25) is 0 Å². The highest BCUT2D eigenvalue weighted by molar-refractivity contribution is 7.99. The van der Waals surface area contributed by atoms with E-state index in [1.54, 1.807) is 36.0 Å². The molecule has 0 aliphatic carbocycles. The zero-order valence-corrected chi connectivity index (χ0v) is 18.1. The van der Waals surface area contributed by atoms with Crippen molar-refractivity contribution in [2.45, 2.75) is 31.5 Å². The van der Waals surface area contributed by atoms with Crippen molar-refractivity contribution in [1.82, 2.24) is 19.7 Å². The first-order valence-electron chi connectivity index (χ1n) is 9.87. The highest BCUT2D eigenvalue weighted by Crippen LogP contribution is 2.27. The Labute approximate surface area is 184 Å². The smallest absolute Gasteiger partial charge is 0.261 e. The average molecular weight is 441 g/mol. The molecule has 0 saturated carbocycles. The van der Waals surface area contributed by atoms with Crippen molar-refractivity contribution in [2.75, 3.05) is 12.3 Å². The number of hydrogen-bond acceptors (Lipinski definition) is 5. The summed E-state index contributed by atoms with van der Waals surface area (Å²) in [4.78, 5) is 26.2.